The number of fused-ring (bicyclic) bond motifs is 9. The number of thiophene rings is 1. The zero-order valence-corrected chi connectivity index (χ0v) is 25.3. The number of benzene rings is 7. The summed E-state index contributed by atoms with van der Waals surface area (Å²) in [6.45, 7) is 0. The molecule has 0 fully saturated rings. The highest BCUT2D eigenvalue weighted by Crippen LogP contribution is 2.38. The minimum Gasteiger partial charge on any atom is -0.456 e. The first kappa shape index (κ1) is 25.4. The molecule has 0 aliphatic rings. The summed E-state index contributed by atoms with van der Waals surface area (Å²) < 4.78 is 8.74. The van der Waals surface area contributed by atoms with Crippen molar-refractivity contribution in [3.63, 3.8) is 0 Å². The van der Waals surface area contributed by atoms with Crippen LogP contribution < -0.4 is 0 Å². The number of hydrogen-bond donors (Lipinski definition) is 0. The van der Waals surface area contributed by atoms with Gasteiger partial charge in [-0.05, 0) is 46.5 Å². The van der Waals surface area contributed by atoms with E-state index >= 15 is 0 Å². The molecule has 4 nitrogen and oxygen atoms in total. The summed E-state index contributed by atoms with van der Waals surface area (Å²) in [6, 6.07) is 48.7. The summed E-state index contributed by atoms with van der Waals surface area (Å²) in [5.74, 6) is 1.89. The standard InChI is InChI=1S/C41H23N3OS/c1-2-10-28-24(8-1)16-17-25-9-7-13-33(38(25)28)41-43-39(26-18-20-30-29-11-3-5-14-34(29)45-35(30)22-26)42-40(44-41)27-19-21-32-31-12-4-6-15-36(31)46-37(32)23-27/h1-23H. The lowest BCUT2D eigenvalue weighted by molar-refractivity contribution is 0.669. The van der Waals surface area contributed by atoms with Crippen LogP contribution in [0.3, 0.4) is 0 Å². The Morgan fingerprint density at radius 2 is 1.04 bits per heavy atom. The molecule has 10 aromatic rings. The number of furan rings is 1. The van der Waals surface area contributed by atoms with Crippen molar-refractivity contribution >= 4 is 75.0 Å². The van der Waals surface area contributed by atoms with E-state index < -0.39 is 0 Å². The van der Waals surface area contributed by atoms with E-state index in [-0.39, 0.29) is 0 Å². The molecule has 0 aliphatic heterocycles. The molecule has 0 bridgehead atoms. The number of hydrogen-bond acceptors (Lipinski definition) is 5. The van der Waals surface area contributed by atoms with E-state index in [9.17, 15) is 0 Å². The van der Waals surface area contributed by atoms with Crippen LogP contribution in [0.15, 0.2) is 144 Å². The SMILES string of the molecule is c1ccc2c(c1)ccc1cccc(-c3nc(-c4ccc5c(c4)oc4ccccc45)nc(-c4ccc5c(c4)sc4ccccc45)n3)c12. The van der Waals surface area contributed by atoms with Crippen LogP contribution >= 0.6 is 11.3 Å². The first-order valence-electron chi connectivity index (χ1n) is 15.3. The van der Waals surface area contributed by atoms with Crippen molar-refractivity contribution in [3.05, 3.63) is 140 Å². The van der Waals surface area contributed by atoms with Crippen molar-refractivity contribution in [2.45, 2.75) is 0 Å². The van der Waals surface area contributed by atoms with E-state index in [0.29, 0.717) is 17.5 Å². The average Bonchev–Trinajstić information content (AvgIpc) is 3.68. The Morgan fingerprint density at radius 3 is 1.93 bits per heavy atom. The molecule has 7 aromatic carbocycles. The Labute approximate surface area is 267 Å². The van der Waals surface area contributed by atoms with E-state index in [1.807, 2.05) is 24.3 Å². The zero-order chi connectivity index (χ0) is 30.2. The third kappa shape index (κ3) is 3.89. The second kappa shape index (κ2) is 9.80. The van der Waals surface area contributed by atoms with Crippen molar-refractivity contribution in [1.82, 2.24) is 15.0 Å². The van der Waals surface area contributed by atoms with Crippen LogP contribution in [-0.2, 0) is 0 Å². The third-order valence-electron chi connectivity index (χ3n) is 8.92. The van der Waals surface area contributed by atoms with Gasteiger partial charge in [-0.2, -0.15) is 0 Å². The lowest BCUT2D eigenvalue weighted by Gasteiger charge is -2.12. The van der Waals surface area contributed by atoms with Crippen LogP contribution in [0.5, 0.6) is 0 Å². The average molecular weight is 606 g/mol. The quantitative estimate of drug-likeness (QED) is 0.188. The van der Waals surface area contributed by atoms with Crippen molar-refractivity contribution in [1.29, 1.82) is 0 Å². The highest BCUT2D eigenvalue weighted by Gasteiger charge is 2.18. The van der Waals surface area contributed by atoms with Crippen LogP contribution in [0, 0.1) is 0 Å². The minimum atomic E-state index is 0.607. The fraction of sp³-hybridized carbons (Fsp3) is 0. The highest BCUT2D eigenvalue weighted by molar-refractivity contribution is 7.25. The van der Waals surface area contributed by atoms with Crippen molar-refractivity contribution in [2.24, 2.45) is 0 Å². The van der Waals surface area contributed by atoms with Crippen LogP contribution in [-0.4, -0.2) is 15.0 Å². The molecule has 10 rings (SSSR count). The molecule has 46 heavy (non-hydrogen) atoms. The van der Waals surface area contributed by atoms with E-state index in [1.54, 1.807) is 11.3 Å². The van der Waals surface area contributed by atoms with Crippen molar-refractivity contribution in [3.8, 4) is 34.2 Å². The first-order chi connectivity index (χ1) is 22.8. The molecule has 214 valence electrons. The van der Waals surface area contributed by atoms with Crippen LogP contribution in [0.2, 0.25) is 0 Å². The van der Waals surface area contributed by atoms with Gasteiger partial charge in [-0.1, -0.05) is 109 Å². The zero-order valence-electron chi connectivity index (χ0n) is 24.4. The van der Waals surface area contributed by atoms with Gasteiger partial charge < -0.3 is 4.42 Å². The molecule has 5 heteroatoms. The van der Waals surface area contributed by atoms with Gasteiger partial charge in [-0.3, -0.25) is 0 Å². The molecule has 3 aromatic heterocycles. The molecular weight excluding hydrogens is 583 g/mol. The maximum Gasteiger partial charge on any atom is 0.164 e. The lowest BCUT2D eigenvalue weighted by atomic mass is 9.97. The van der Waals surface area contributed by atoms with Crippen LogP contribution in [0.25, 0.3) is 97.8 Å². The monoisotopic (exact) mass is 605 g/mol. The Bertz CT molecular complexity index is 2700. The normalized spacial score (nSPS) is 11.9. The Hall–Kier alpha value is -5.91. The fourth-order valence-corrected chi connectivity index (χ4v) is 7.88. The van der Waals surface area contributed by atoms with Gasteiger partial charge in [0, 0.05) is 53.0 Å². The maximum atomic E-state index is 6.26. The topological polar surface area (TPSA) is 51.8 Å². The molecule has 0 amide bonds. The van der Waals surface area contributed by atoms with E-state index in [2.05, 4.69) is 115 Å². The Kier molecular flexibility index (Phi) is 5.41. The van der Waals surface area contributed by atoms with Gasteiger partial charge in [-0.15, -0.1) is 11.3 Å². The van der Waals surface area contributed by atoms with Gasteiger partial charge in [0.25, 0.3) is 0 Å². The number of rotatable bonds is 3. The fourth-order valence-electron chi connectivity index (χ4n) is 6.73. The summed E-state index contributed by atoms with van der Waals surface area (Å²) >= 11 is 1.79. The highest BCUT2D eigenvalue weighted by atomic mass is 32.1. The van der Waals surface area contributed by atoms with Gasteiger partial charge in [0.2, 0.25) is 0 Å². The summed E-state index contributed by atoms with van der Waals surface area (Å²) in [4.78, 5) is 15.4. The largest absolute Gasteiger partial charge is 0.456 e. The molecule has 0 spiro atoms. The molecule has 0 radical (unpaired) electrons. The molecule has 0 N–H and O–H groups in total. The Morgan fingerprint density at radius 1 is 0.413 bits per heavy atom. The molecule has 0 aliphatic carbocycles. The number of para-hydroxylation sites is 1. The van der Waals surface area contributed by atoms with Crippen molar-refractivity contribution in [2.75, 3.05) is 0 Å². The second-order valence-corrected chi connectivity index (χ2v) is 12.7. The smallest absolute Gasteiger partial charge is 0.164 e. The predicted molar refractivity (Wildman–Crippen MR) is 191 cm³/mol. The van der Waals surface area contributed by atoms with Crippen LogP contribution in [0.1, 0.15) is 0 Å². The van der Waals surface area contributed by atoms with Gasteiger partial charge in [0.15, 0.2) is 17.5 Å². The first-order valence-corrected chi connectivity index (χ1v) is 16.1. The third-order valence-corrected chi connectivity index (χ3v) is 10.1. The van der Waals surface area contributed by atoms with Gasteiger partial charge in [0.05, 0.1) is 0 Å². The van der Waals surface area contributed by atoms with Crippen molar-refractivity contribution < 1.29 is 4.42 Å². The molecule has 3 heterocycles. The van der Waals surface area contributed by atoms with Gasteiger partial charge in [0.1, 0.15) is 11.2 Å². The maximum absolute atomic E-state index is 6.26. The predicted octanol–water partition coefficient (Wildman–Crippen LogP) is 11.4. The van der Waals surface area contributed by atoms with Crippen LogP contribution in [0.4, 0.5) is 0 Å². The molecular formula is C41H23N3OS. The molecule has 0 atom stereocenters. The second-order valence-electron chi connectivity index (χ2n) is 11.6. The van der Waals surface area contributed by atoms with Gasteiger partial charge >= 0.3 is 0 Å². The summed E-state index contributed by atoms with van der Waals surface area (Å²) in [7, 11) is 0. The molecule has 0 unspecified atom stereocenters. The Balaban J connectivity index is 1.23. The molecule has 0 saturated carbocycles. The minimum absolute atomic E-state index is 0.607. The summed E-state index contributed by atoms with van der Waals surface area (Å²) in [5.41, 5.74) is 4.49. The van der Waals surface area contributed by atoms with E-state index in [0.717, 1.165) is 49.4 Å². The summed E-state index contributed by atoms with van der Waals surface area (Å²) in [5, 5.41) is 9.33. The lowest BCUT2D eigenvalue weighted by Crippen LogP contribution is -2.00. The molecule has 0 saturated heterocycles. The van der Waals surface area contributed by atoms with Gasteiger partial charge in [-0.25, -0.2) is 15.0 Å². The van der Waals surface area contributed by atoms with E-state index in [4.69, 9.17) is 19.4 Å². The van der Waals surface area contributed by atoms with E-state index in [1.165, 1.54) is 30.9 Å². The number of nitrogens with zero attached hydrogens (tertiary/aromatic N) is 3. The summed E-state index contributed by atoms with van der Waals surface area (Å²) in [6.07, 6.45) is 0. The number of aromatic nitrogens is 3.